The van der Waals surface area contributed by atoms with Crippen LogP contribution in [0.25, 0.3) is 16.3 Å². The molecule has 0 atom stereocenters. The first-order valence-corrected chi connectivity index (χ1v) is 9.67. The Kier molecular flexibility index (Phi) is 5.06. The molecule has 0 amide bonds. The van der Waals surface area contributed by atoms with Gasteiger partial charge in [0, 0.05) is 11.3 Å². The molecular weight excluding hydrogens is 330 g/mol. The second-order valence-corrected chi connectivity index (χ2v) is 7.08. The third-order valence-electron chi connectivity index (χ3n) is 5.30. The molecule has 0 saturated heterocycles. The van der Waals surface area contributed by atoms with E-state index in [-0.39, 0.29) is 0 Å². The minimum atomic E-state index is 0.852. The zero-order chi connectivity index (χ0) is 18.6. The SMILES string of the molecule is COc1ccc(N=C(C)c2ccc3ccccc3c2C2=CCCCC2)cc1. The minimum Gasteiger partial charge on any atom is -0.497 e. The predicted molar refractivity (Wildman–Crippen MR) is 115 cm³/mol. The van der Waals surface area contributed by atoms with Gasteiger partial charge in [-0.05, 0) is 78.8 Å². The number of ether oxygens (including phenoxy) is 1. The second kappa shape index (κ2) is 7.79. The van der Waals surface area contributed by atoms with Gasteiger partial charge in [0.25, 0.3) is 0 Å². The van der Waals surface area contributed by atoms with Crippen LogP contribution in [0.4, 0.5) is 5.69 Å². The van der Waals surface area contributed by atoms with E-state index < -0.39 is 0 Å². The van der Waals surface area contributed by atoms with Crippen molar-refractivity contribution in [2.24, 2.45) is 4.99 Å². The highest BCUT2D eigenvalue weighted by Gasteiger charge is 2.16. The maximum atomic E-state index is 5.25. The molecule has 27 heavy (non-hydrogen) atoms. The van der Waals surface area contributed by atoms with Crippen LogP contribution in [0.2, 0.25) is 0 Å². The van der Waals surface area contributed by atoms with Crippen LogP contribution in [-0.2, 0) is 0 Å². The molecule has 2 heteroatoms. The fraction of sp³-hybridized carbons (Fsp3) is 0.240. The molecule has 0 aliphatic heterocycles. The van der Waals surface area contributed by atoms with Crippen molar-refractivity contribution >= 4 is 27.7 Å². The van der Waals surface area contributed by atoms with E-state index in [0.29, 0.717) is 0 Å². The van der Waals surface area contributed by atoms with E-state index in [0.717, 1.165) is 23.6 Å². The van der Waals surface area contributed by atoms with Crippen LogP contribution in [0, 0.1) is 0 Å². The first kappa shape index (κ1) is 17.5. The van der Waals surface area contributed by atoms with Gasteiger partial charge in [-0.1, -0.05) is 42.5 Å². The van der Waals surface area contributed by atoms with Crippen molar-refractivity contribution in [3.8, 4) is 5.75 Å². The molecule has 0 bridgehead atoms. The lowest BCUT2D eigenvalue weighted by molar-refractivity contribution is 0.415. The highest BCUT2D eigenvalue weighted by molar-refractivity contribution is 6.10. The number of fused-ring (bicyclic) bond motifs is 1. The summed E-state index contributed by atoms with van der Waals surface area (Å²) in [5, 5.41) is 2.62. The van der Waals surface area contributed by atoms with Crippen LogP contribution >= 0.6 is 0 Å². The average Bonchev–Trinajstić information content (AvgIpc) is 2.74. The topological polar surface area (TPSA) is 21.6 Å². The predicted octanol–water partition coefficient (Wildman–Crippen LogP) is 6.95. The van der Waals surface area contributed by atoms with Crippen LogP contribution < -0.4 is 4.74 Å². The summed E-state index contributed by atoms with van der Waals surface area (Å²) in [5.41, 5.74) is 6.06. The number of methoxy groups -OCH3 is 1. The van der Waals surface area contributed by atoms with Crippen LogP contribution in [0.3, 0.4) is 0 Å². The van der Waals surface area contributed by atoms with E-state index >= 15 is 0 Å². The first-order valence-electron chi connectivity index (χ1n) is 9.67. The lowest BCUT2D eigenvalue weighted by Crippen LogP contribution is -2.03. The number of hydrogen-bond acceptors (Lipinski definition) is 2. The molecule has 1 aliphatic carbocycles. The molecule has 136 valence electrons. The Morgan fingerprint density at radius 3 is 2.48 bits per heavy atom. The Hall–Kier alpha value is -2.87. The summed E-state index contributed by atoms with van der Waals surface area (Å²) >= 11 is 0. The number of nitrogens with zero attached hydrogens (tertiary/aromatic N) is 1. The van der Waals surface area contributed by atoms with Crippen molar-refractivity contribution < 1.29 is 4.74 Å². The fourth-order valence-electron chi connectivity index (χ4n) is 3.89. The van der Waals surface area contributed by atoms with Gasteiger partial charge >= 0.3 is 0 Å². The smallest absolute Gasteiger partial charge is 0.119 e. The molecule has 0 heterocycles. The minimum absolute atomic E-state index is 0.852. The summed E-state index contributed by atoms with van der Waals surface area (Å²) in [7, 11) is 1.68. The zero-order valence-corrected chi connectivity index (χ0v) is 16.0. The Bertz CT molecular complexity index is 1010. The van der Waals surface area contributed by atoms with Crippen LogP contribution in [-0.4, -0.2) is 12.8 Å². The summed E-state index contributed by atoms with van der Waals surface area (Å²) < 4.78 is 5.25. The van der Waals surface area contributed by atoms with Crippen LogP contribution in [0.5, 0.6) is 5.75 Å². The number of aliphatic imine (C=N–C) groups is 1. The molecule has 0 saturated carbocycles. The maximum absolute atomic E-state index is 5.25. The van der Waals surface area contributed by atoms with E-state index in [2.05, 4.69) is 49.4 Å². The van der Waals surface area contributed by atoms with Gasteiger partial charge in [0.15, 0.2) is 0 Å². The van der Waals surface area contributed by atoms with Gasteiger partial charge in [-0.25, -0.2) is 0 Å². The fourth-order valence-corrected chi connectivity index (χ4v) is 3.89. The van der Waals surface area contributed by atoms with E-state index in [1.54, 1.807) is 7.11 Å². The molecule has 0 fully saturated rings. The molecule has 2 nitrogen and oxygen atoms in total. The zero-order valence-electron chi connectivity index (χ0n) is 16.0. The van der Waals surface area contributed by atoms with Gasteiger partial charge in [-0.3, -0.25) is 4.99 Å². The van der Waals surface area contributed by atoms with Crippen molar-refractivity contribution in [3.05, 3.63) is 77.9 Å². The Morgan fingerprint density at radius 1 is 0.926 bits per heavy atom. The van der Waals surface area contributed by atoms with Gasteiger partial charge in [-0.15, -0.1) is 0 Å². The van der Waals surface area contributed by atoms with Gasteiger partial charge in [0.05, 0.1) is 12.8 Å². The summed E-state index contributed by atoms with van der Waals surface area (Å²) in [6.45, 7) is 2.11. The molecule has 3 aromatic carbocycles. The van der Waals surface area contributed by atoms with Gasteiger partial charge in [0.1, 0.15) is 5.75 Å². The molecule has 0 unspecified atom stereocenters. The maximum Gasteiger partial charge on any atom is 0.119 e. The lowest BCUT2D eigenvalue weighted by atomic mass is 9.86. The molecule has 4 rings (SSSR count). The molecular formula is C25H25NO. The van der Waals surface area contributed by atoms with E-state index in [1.807, 2.05) is 24.3 Å². The number of benzene rings is 3. The summed E-state index contributed by atoms with van der Waals surface area (Å²) in [4.78, 5) is 4.90. The Labute approximate surface area is 161 Å². The summed E-state index contributed by atoms with van der Waals surface area (Å²) in [6, 6.07) is 21.0. The van der Waals surface area contributed by atoms with E-state index in [9.17, 15) is 0 Å². The van der Waals surface area contributed by atoms with Gasteiger partial charge in [0.2, 0.25) is 0 Å². The Balaban J connectivity index is 1.84. The molecule has 0 aromatic heterocycles. The molecule has 1 aliphatic rings. The van der Waals surface area contributed by atoms with E-state index in [1.165, 1.54) is 46.7 Å². The lowest BCUT2D eigenvalue weighted by Gasteiger charge is -2.19. The van der Waals surface area contributed by atoms with Crippen LogP contribution in [0.1, 0.15) is 43.7 Å². The number of allylic oxidation sites excluding steroid dienone is 2. The average molecular weight is 355 g/mol. The number of rotatable bonds is 4. The van der Waals surface area contributed by atoms with Gasteiger partial charge in [-0.2, -0.15) is 0 Å². The molecule has 3 aromatic rings. The van der Waals surface area contributed by atoms with Crippen LogP contribution in [0.15, 0.2) is 71.7 Å². The molecule has 0 N–H and O–H groups in total. The second-order valence-electron chi connectivity index (χ2n) is 7.08. The molecule has 0 spiro atoms. The van der Waals surface area contributed by atoms with Crippen molar-refractivity contribution in [3.63, 3.8) is 0 Å². The number of hydrogen-bond donors (Lipinski definition) is 0. The third kappa shape index (κ3) is 3.66. The standard InChI is InChI=1S/C25H25NO/c1-18(26-21-13-15-22(27-2)16-14-21)23-17-12-19-8-6-7-11-24(19)25(23)20-9-4-3-5-10-20/h6-9,11-17H,3-5,10H2,1-2H3. The largest absolute Gasteiger partial charge is 0.497 e. The van der Waals surface area contributed by atoms with Gasteiger partial charge < -0.3 is 4.74 Å². The van der Waals surface area contributed by atoms with E-state index in [4.69, 9.17) is 9.73 Å². The quantitative estimate of drug-likeness (QED) is 0.464. The van der Waals surface area contributed by atoms with Crippen molar-refractivity contribution in [2.45, 2.75) is 32.6 Å². The van der Waals surface area contributed by atoms with Crippen molar-refractivity contribution in [1.82, 2.24) is 0 Å². The van der Waals surface area contributed by atoms with Crippen molar-refractivity contribution in [1.29, 1.82) is 0 Å². The highest BCUT2D eigenvalue weighted by atomic mass is 16.5. The van der Waals surface area contributed by atoms with Crippen molar-refractivity contribution in [2.75, 3.05) is 7.11 Å². The third-order valence-corrected chi connectivity index (χ3v) is 5.30. The summed E-state index contributed by atoms with van der Waals surface area (Å²) in [5.74, 6) is 0.852. The normalized spacial score (nSPS) is 14.9. The molecule has 0 radical (unpaired) electrons. The monoisotopic (exact) mass is 355 g/mol. The first-order chi connectivity index (χ1) is 13.3. The summed E-state index contributed by atoms with van der Waals surface area (Å²) in [6.07, 6.45) is 7.31. The highest BCUT2D eigenvalue weighted by Crippen LogP contribution is 2.35. The Morgan fingerprint density at radius 2 is 1.74 bits per heavy atom.